The Kier molecular flexibility index (Phi) is 5.12. The normalized spacial score (nSPS) is 29.1. The van der Waals surface area contributed by atoms with E-state index in [1.165, 1.54) is 45.2 Å². The van der Waals surface area contributed by atoms with Gasteiger partial charge < -0.3 is 4.74 Å². The van der Waals surface area contributed by atoms with Crippen molar-refractivity contribution in [1.29, 1.82) is 0 Å². The number of esters is 1. The van der Waals surface area contributed by atoms with Crippen LogP contribution in [-0.2, 0) is 14.9 Å². The molecule has 136 valence electrons. The summed E-state index contributed by atoms with van der Waals surface area (Å²) >= 11 is 0. The smallest absolute Gasteiger partial charge is 0.316 e. The number of rotatable bonds is 4. The van der Waals surface area contributed by atoms with Crippen LogP contribution < -0.4 is 0 Å². The summed E-state index contributed by atoms with van der Waals surface area (Å²) in [6, 6.07) is 11.0. The van der Waals surface area contributed by atoms with Gasteiger partial charge in [-0.2, -0.15) is 0 Å². The van der Waals surface area contributed by atoms with Crippen molar-refractivity contribution in [3.8, 4) is 0 Å². The molecule has 3 fully saturated rings. The second-order valence-corrected chi connectivity index (χ2v) is 8.26. The molecular formula is C22H31NO2. The summed E-state index contributed by atoms with van der Waals surface area (Å²) in [7, 11) is 0. The third kappa shape index (κ3) is 3.36. The van der Waals surface area contributed by atoms with Gasteiger partial charge in [-0.25, -0.2) is 0 Å². The largest absolute Gasteiger partial charge is 0.465 e. The second-order valence-electron chi connectivity index (χ2n) is 8.26. The zero-order valence-electron chi connectivity index (χ0n) is 15.3. The highest BCUT2D eigenvalue weighted by Crippen LogP contribution is 2.42. The molecule has 2 atom stereocenters. The predicted molar refractivity (Wildman–Crippen MR) is 99.5 cm³/mol. The Morgan fingerprint density at radius 1 is 1.00 bits per heavy atom. The van der Waals surface area contributed by atoms with Gasteiger partial charge in [-0.05, 0) is 57.2 Å². The van der Waals surface area contributed by atoms with Gasteiger partial charge in [0.15, 0.2) is 0 Å². The van der Waals surface area contributed by atoms with E-state index in [0.717, 1.165) is 31.2 Å². The van der Waals surface area contributed by atoms with Crippen molar-refractivity contribution in [2.24, 2.45) is 5.92 Å². The molecule has 1 saturated carbocycles. The highest BCUT2D eigenvalue weighted by atomic mass is 16.5. The monoisotopic (exact) mass is 341 g/mol. The quantitative estimate of drug-likeness (QED) is 0.765. The fraction of sp³-hybridized carbons (Fsp3) is 0.682. The van der Waals surface area contributed by atoms with E-state index in [1.807, 2.05) is 18.2 Å². The maximum absolute atomic E-state index is 13.1. The minimum atomic E-state index is -0.387. The van der Waals surface area contributed by atoms with E-state index in [2.05, 4.69) is 17.0 Å². The van der Waals surface area contributed by atoms with Crippen LogP contribution in [0.1, 0.15) is 63.4 Å². The first-order valence-corrected chi connectivity index (χ1v) is 10.3. The van der Waals surface area contributed by atoms with E-state index in [1.54, 1.807) is 0 Å². The molecule has 0 N–H and O–H groups in total. The number of fused-ring (bicyclic) bond motifs is 1. The van der Waals surface area contributed by atoms with Crippen molar-refractivity contribution in [1.82, 2.24) is 4.90 Å². The Hall–Kier alpha value is -1.35. The molecule has 0 bridgehead atoms. The van der Waals surface area contributed by atoms with Crippen LogP contribution in [0.15, 0.2) is 30.3 Å². The van der Waals surface area contributed by atoms with Gasteiger partial charge in [0.1, 0.15) is 0 Å². The highest BCUT2D eigenvalue weighted by molar-refractivity contribution is 5.83. The molecule has 1 aliphatic carbocycles. The van der Waals surface area contributed by atoms with Crippen LogP contribution in [-0.4, -0.2) is 36.6 Å². The Labute approximate surface area is 151 Å². The Morgan fingerprint density at radius 2 is 1.76 bits per heavy atom. The van der Waals surface area contributed by atoms with Gasteiger partial charge in [0, 0.05) is 12.0 Å². The maximum atomic E-state index is 13.1. The summed E-state index contributed by atoms with van der Waals surface area (Å²) < 4.78 is 6.01. The summed E-state index contributed by atoms with van der Waals surface area (Å²) in [5.41, 5.74) is 0.766. The molecule has 0 unspecified atom stereocenters. The molecule has 1 aromatic rings. The van der Waals surface area contributed by atoms with E-state index in [4.69, 9.17) is 4.74 Å². The lowest BCUT2D eigenvalue weighted by Gasteiger charge is -2.44. The maximum Gasteiger partial charge on any atom is 0.316 e. The first-order valence-electron chi connectivity index (χ1n) is 10.3. The zero-order chi connectivity index (χ0) is 17.1. The van der Waals surface area contributed by atoms with Gasteiger partial charge in [-0.3, -0.25) is 9.69 Å². The number of carbonyl (C=O) groups excluding carboxylic acids is 1. The molecule has 4 rings (SSSR count). The third-order valence-electron chi connectivity index (χ3n) is 6.83. The van der Waals surface area contributed by atoms with Crippen LogP contribution in [0.2, 0.25) is 0 Å². The van der Waals surface area contributed by atoms with Crippen molar-refractivity contribution in [3.05, 3.63) is 35.9 Å². The highest BCUT2D eigenvalue weighted by Gasteiger charge is 2.44. The lowest BCUT2D eigenvalue weighted by molar-refractivity contribution is -0.153. The SMILES string of the molecule is O=C(OC[C@@H]1CCCN2CCCC[C@H]12)C1(c2ccccc2)CCCC1. The van der Waals surface area contributed by atoms with Gasteiger partial charge in [0.05, 0.1) is 12.0 Å². The third-order valence-corrected chi connectivity index (χ3v) is 6.83. The van der Waals surface area contributed by atoms with Crippen LogP contribution in [0, 0.1) is 5.92 Å². The van der Waals surface area contributed by atoms with Crippen LogP contribution in [0.25, 0.3) is 0 Å². The van der Waals surface area contributed by atoms with Gasteiger partial charge in [-0.1, -0.05) is 49.6 Å². The van der Waals surface area contributed by atoms with E-state index >= 15 is 0 Å². The Morgan fingerprint density at radius 3 is 2.56 bits per heavy atom. The Bertz CT molecular complexity index is 577. The van der Waals surface area contributed by atoms with Crippen LogP contribution in [0.4, 0.5) is 0 Å². The molecule has 25 heavy (non-hydrogen) atoms. The predicted octanol–water partition coefficient (Wildman–Crippen LogP) is 4.31. The number of benzene rings is 1. The fourth-order valence-corrected chi connectivity index (χ4v) is 5.44. The number of nitrogens with zero attached hydrogens (tertiary/aromatic N) is 1. The molecule has 2 aliphatic heterocycles. The summed E-state index contributed by atoms with van der Waals surface area (Å²) in [6.45, 7) is 3.10. The molecule has 2 heterocycles. The summed E-state index contributed by atoms with van der Waals surface area (Å²) in [4.78, 5) is 15.8. The molecule has 2 saturated heterocycles. The fourth-order valence-electron chi connectivity index (χ4n) is 5.44. The lowest BCUT2D eigenvalue weighted by atomic mass is 9.79. The number of hydrogen-bond acceptors (Lipinski definition) is 3. The molecule has 0 spiro atoms. The molecule has 0 amide bonds. The lowest BCUT2D eigenvalue weighted by Crippen LogP contribution is -2.49. The van der Waals surface area contributed by atoms with Crippen molar-refractivity contribution in [2.75, 3.05) is 19.7 Å². The minimum absolute atomic E-state index is 0.0316. The van der Waals surface area contributed by atoms with E-state index in [9.17, 15) is 4.79 Å². The first kappa shape index (κ1) is 17.1. The van der Waals surface area contributed by atoms with E-state index in [-0.39, 0.29) is 11.4 Å². The number of hydrogen-bond donors (Lipinski definition) is 0. The molecule has 3 heteroatoms. The Balaban J connectivity index is 1.44. The second kappa shape index (κ2) is 7.49. The molecule has 3 nitrogen and oxygen atoms in total. The summed E-state index contributed by atoms with van der Waals surface area (Å²) in [5, 5.41) is 0. The average Bonchev–Trinajstić information content (AvgIpc) is 3.18. The van der Waals surface area contributed by atoms with Gasteiger partial charge >= 0.3 is 5.97 Å². The first-order chi connectivity index (χ1) is 12.3. The van der Waals surface area contributed by atoms with Crippen LogP contribution >= 0.6 is 0 Å². The van der Waals surface area contributed by atoms with Crippen LogP contribution in [0.5, 0.6) is 0 Å². The van der Waals surface area contributed by atoms with E-state index in [0.29, 0.717) is 18.6 Å². The number of ether oxygens (including phenoxy) is 1. The summed E-state index contributed by atoms with van der Waals surface area (Å²) in [6.07, 6.45) is 10.6. The molecule has 0 aromatic heterocycles. The minimum Gasteiger partial charge on any atom is -0.465 e. The summed E-state index contributed by atoms with van der Waals surface area (Å²) in [5.74, 6) is 0.566. The van der Waals surface area contributed by atoms with E-state index < -0.39 is 0 Å². The van der Waals surface area contributed by atoms with Crippen LogP contribution in [0.3, 0.4) is 0 Å². The standard InChI is InChI=1S/C22H31NO2/c24-21(22(13-5-6-14-22)19-10-2-1-3-11-19)25-17-18-9-8-16-23-15-7-4-12-20(18)23/h1-3,10-11,18,20H,4-9,12-17H2/t18-,20+/m0/s1. The molecular weight excluding hydrogens is 310 g/mol. The molecule has 1 aromatic carbocycles. The number of piperidine rings is 2. The topological polar surface area (TPSA) is 29.5 Å². The van der Waals surface area contributed by atoms with Gasteiger partial charge in [0.25, 0.3) is 0 Å². The molecule has 0 radical (unpaired) electrons. The molecule has 3 aliphatic rings. The van der Waals surface area contributed by atoms with Crippen molar-refractivity contribution < 1.29 is 9.53 Å². The van der Waals surface area contributed by atoms with Crippen molar-refractivity contribution >= 4 is 5.97 Å². The zero-order valence-corrected chi connectivity index (χ0v) is 15.3. The van der Waals surface area contributed by atoms with Gasteiger partial charge in [0.2, 0.25) is 0 Å². The van der Waals surface area contributed by atoms with Gasteiger partial charge in [-0.15, -0.1) is 0 Å². The number of carbonyl (C=O) groups is 1. The van der Waals surface area contributed by atoms with Crippen molar-refractivity contribution in [3.63, 3.8) is 0 Å². The average molecular weight is 341 g/mol. The van der Waals surface area contributed by atoms with Crippen molar-refractivity contribution in [2.45, 2.75) is 69.2 Å².